The molecule has 1 N–H and O–H groups in total. The summed E-state index contributed by atoms with van der Waals surface area (Å²) in [7, 11) is 0. The summed E-state index contributed by atoms with van der Waals surface area (Å²) < 4.78 is 20.9. The number of hydrogen-bond acceptors (Lipinski definition) is 4. The van der Waals surface area contributed by atoms with Crippen molar-refractivity contribution in [3.05, 3.63) is 77.3 Å². The van der Waals surface area contributed by atoms with E-state index >= 15 is 0 Å². The molecule has 0 bridgehead atoms. The molecule has 3 heterocycles. The van der Waals surface area contributed by atoms with Crippen molar-refractivity contribution >= 4 is 34.7 Å². The van der Waals surface area contributed by atoms with E-state index in [1.807, 2.05) is 28.8 Å². The van der Waals surface area contributed by atoms with Gasteiger partial charge in [0.15, 0.2) is 5.65 Å². The minimum atomic E-state index is -0.504. The molecule has 0 saturated carbocycles. The number of benzene rings is 2. The number of nitrogens with one attached hydrogen (secondary N) is 1. The van der Waals surface area contributed by atoms with Crippen LogP contribution in [0.2, 0.25) is 5.02 Å². The fourth-order valence-corrected chi connectivity index (χ4v) is 4.33. The first-order valence-electron chi connectivity index (χ1n) is 11.1. The van der Waals surface area contributed by atoms with Gasteiger partial charge in [0.25, 0.3) is 5.91 Å². The number of carbonyl (C=O) groups excluding carboxylic acids is 2. The molecule has 1 aliphatic rings. The maximum atomic E-state index is 13.7. The van der Waals surface area contributed by atoms with Crippen LogP contribution in [-0.4, -0.2) is 52.4 Å². The standard InChI is InChI=1S/C26H22ClFN4O3/c1-16(33)30-23-13-20(17-2-4-18(5-3-17)26(34)31-8-10-35-11-9-31)15-32-24(14-29-25(23)32)19-6-7-22(28)21(27)12-19/h2-7,12-15H,8-11H2,1H3,(H,30,33). The minimum absolute atomic E-state index is 0.0104. The number of pyridine rings is 1. The van der Waals surface area contributed by atoms with Crippen LogP contribution in [0.25, 0.3) is 28.0 Å². The molecule has 0 aliphatic carbocycles. The Morgan fingerprint density at radius 3 is 2.43 bits per heavy atom. The zero-order valence-corrected chi connectivity index (χ0v) is 19.7. The lowest BCUT2D eigenvalue weighted by Gasteiger charge is -2.26. The summed E-state index contributed by atoms with van der Waals surface area (Å²) in [5.41, 5.74) is 4.70. The predicted octanol–water partition coefficient (Wildman–Crippen LogP) is 4.89. The second kappa shape index (κ2) is 9.48. The molecule has 9 heteroatoms. The van der Waals surface area contributed by atoms with Gasteiger partial charge in [-0.1, -0.05) is 23.7 Å². The zero-order chi connectivity index (χ0) is 24.5. The number of amides is 2. The third-order valence-corrected chi connectivity index (χ3v) is 6.18. The molecule has 1 fully saturated rings. The van der Waals surface area contributed by atoms with Gasteiger partial charge in [-0.15, -0.1) is 0 Å². The van der Waals surface area contributed by atoms with E-state index in [2.05, 4.69) is 10.3 Å². The van der Waals surface area contributed by atoms with Gasteiger partial charge in [0.05, 0.1) is 35.8 Å². The number of hydrogen-bond donors (Lipinski definition) is 1. The second-order valence-corrected chi connectivity index (χ2v) is 8.68. The highest BCUT2D eigenvalue weighted by molar-refractivity contribution is 6.31. The largest absolute Gasteiger partial charge is 0.378 e. The van der Waals surface area contributed by atoms with E-state index in [0.29, 0.717) is 54.5 Å². The van der Waals surface area contributed by atoms with Crippen molar-refractivity contribution in [2.45, 2.75) is 6.92 Å². The zero-order valence-electron chi connectivity index (χ0n) is 18.9. The number of carbonyl (C=O) groups is 2. The van der Waals surface area contributed by atoms with Gasteiger partial charge in [-0.3, -0.25) is 14.0 Å². The molecule has 178 valence electrons. The first kappa shape index (κ1) is 23.0. The summed E-state index contributed by atoms with van der Waals surface area (Å²) in [5, 5.41) is 2.85. The van der Waals surface area contributed by atoms with Crippen molar-refractivity contribution in [1.82, 2.24) is 14.3 Å². The average Bonchev–Trinajstić information content (AvgIpc) is 3.30. The number of ether oxygens (including phenoxy) is 1. The Balaban J connectivity index is 1.56. The summed E-state index contributed by atoms with van der Waals surface area (Å²) in [5.74, 6) is -0.764. The lowest BCUT2D eigenvalue weighted by Crippen LogP contribution is -2.40. The van der Waals surface area contributed by atoms with Gasteiger partial charge < -0.3 is 15.0 Å². The number of fused-ring (bicyclic) bond motifs is 1. The quantitative estimate of drug-likeness (QED) is 0.440. The topological polar surface area (TPSA) is 75.9 Å². The Morgan fingerprint density at radius 2 is 1.74 bits per heavy atom. The summed E-state index contributed by atoms with van der Waals surface area (Å²) in [6.07, 6.45) is 3.54. The number of aromatic nitrogens is 2. The van der Waals surface area contributed by atoms with Crippen molar-refractivity contribution in [3.63, 3.8) is 0 Å². The second-order valence-electron chi connectivity index (χ2n) is 8.27. The van der Waals surface area contributed by atoms with E-state index in [0.717, 1.165) is 11.1 Å². The molecular formula is C26H22ClFN4O3. The summed E-state index contributed by atoms with van der Waals surface area (Å²) in [4.78, 5) is 30.9. The van der Waals surface area contributed by atoms with E-state index in [-0.39, 0.29) is 16.8 Å². The van der Waals surface area contributed by atoms with E-state index in [4.69, 9.17) is 16.3 Å². The number of imidazole rings is 1. The van der Waals surface area contributed by atoms with Gasteiger partial charge in [-0.05, 0) is 42.0 Å². The van der Waals surface area contributed by atoms with Crippen LogP contribution in [0.5, 0.6) is 0 Å². The molecular weight excluding hydrogens is 471 g/mol. The van der Waals surface area contributed by atoms with Crippen LogP contribution in [0, 0.1) is 5.82 Å². The van der Waals surface area contributed by atoms with Gasteiger partial charge in [0.2, 0.25) is 5.91 Å². The SMILES string of the molecule is CC(=O)Nc1cc(-c2ccc(C(=O)N3CCOCC3)cc2)cn2c(-c3ccc(F)c(Cl)c3)cnc12. The van der Waals surface area contributed by atoms with Crippen LogP contribution >= 0.6 is 11.6 Å². The predicted molar refractivity (Wildman–Crippen MR) is 132 cm³/mol. The number of halogens is 2. The summed E-state index contributed by atoms with van der Waals surface area (Å²) in [6, 6.07) is 13.6. The van der Waals surface area contributed by atoms with Gasteiger partial charge >= 0.3 is 0 Å². The molecule has 4 aromatic rings. The van der Waals surface area contributed by atoms with Crippen molar-refractivity contribution < 1.29 is 18.7 Å². The molecule has 7 nitrogen and oxygen atoms in total. The molecule has 0 atom stereocenters. The fourth-order valence-electron chi connectivity index (χ4n) is 4.15. The lowest BCUT2D eigenvalue weighted by atomic mass is 10.0. The van der Waals surface area contributed by atoms with E-state index in [1.54, 1.807) is 29.3 Å². The number of nitrogens with zero attached hydrogens (tertiary/aromatic N) is 3. The number of rotatable bonds is 4. The van der Waals surface area contributed by atoms with E-state index in [9.17, 15) is 14.0 Å². The first-order chi connectivity index (χ1) is 16.9. The van der Waals surface area contributed by atoms with Crippen LogP contribution < -0.4 is 5.32 Å². The first-order valence-corrected chi connectivity index (χ1v) is 11.5. The smallest absolute Gasteiger partial charge is 0.254 e. The maximum Gasteiger partial charge on any atom is 0.254 e. The van der Waals surface area contributed by atoms with Crippen molar-refractivity contribution in [2.24, 2.45) is 0 Å². The van der Waals surface area contributed by atoms with Crippen LogP contribution in [0.15, 0.2) is 60.9 Å². The number of morpholine rings is 1. The molecule has 1 aliphatic heterocycles. The van der Waals surface area contributed by atoms with Crippen LogP contribution in [0.3, 0.4) is 0 Å². The molecule has 0 spiro atoms. The highest BCUT2D eigenvalue weighted by Crippen LogP contribution is 2.32. The molecule has 2 aromatic carbocycles. The van der Waals surface area contributed by atoms with Crippen LogP contribution in [0.4, 0.5) is 10.1 Å². The van der Waals surface area contributed by atoms with Crippen molar-refractivity contribution in [2.75, 3.05) is 31.6 Å². The molecule has 1 saturated heterocycles. The molecule has 2 aromatic heterocycles. The van der Waals surface area contributed by atoms with Gasteiger partial charge in [-0.2, -0.15) is 0 Å². The molecule has 0 unspecified atom stereocenters. The Kier molecular flexibility index (Phi) is 6.23. The highest BCUT2D eigenvalue weighted by atomic mass is 35.5. The normalized spacial score (nSPS) is 13.7. The van der Waals surface area contributed by atoms with Crippen molar-refractivity contribution in [1.29, 1.82) is 0 Å². The highest BCUT2D eigenvalue weighted by Gasteiger charge is 2.19. The molecule has 0 radical (unpaired) electrons. The van der Waals surface area contributed by atoms with Crippen LogP contribution in [0.1, 0.15) is 17.3 Å². The van der Waals surface area contributed by atoms with E-state index in [1.165, 1.54) is 19.1 Å². The van der Waals surface area contributed by atoms with Crippen molar-refractivity contribution in [3.8, 4) is 22.4 Å². The minimum Gasteiger partial charge on any atom is -0.378 e. The molecule has 2 amide bonds. The Bertz CT molecular complexity index is 1430. The van der Waals surface area contributed by atoms with Gasteiger partial charge in [-0.25, -0.2) is 9.37 Å². The average molecular weight is 493 g/mol. The Labute approximate surface area is 206 Å². The third-order valence-electron chi connectivity index (χ3n) is 5.90. The lowest BCUT2D eigenvalue weighted by molar-refractivity contribution is -0.114. The Hall–Kier alpha value is -3.75. The van der Waals surface area contributed by atoms with Gasteiger partial charge in [0.1, 0.15) is 5.82 Å². The Morgan fingerprint density at radius 1 is 1.03 bits per heavy atom. The number of anilines is 1. The third kappa shape index (κ3) is 4.62. The molecule has 35 heavy (non-hydrogen) atoms. The summed E-state index contributed by atoms with van der Waals surface area (Å²) >= 11 is 6.01. The van der Waals surface area contributed by atoms with E-state index < -0.39 is 5.82 Å². The maximum absolute atomic E-state index is 13.7. The summed E-state index contributed by atoms with van der Waals surface area (Å²) in [6.45, 7) is 3.67. The monoisotopic (exact) mass is 492 g/mol. The van der Waals surface area contributed by atoms with Crippen LogP contribution in [-0.2, 0) is 9.53 Å². The fraction of sp³-hybridized carbons (Fsp3) is 0.192. The molecule has 5 rings (SSSR count). The van der Waals surface area contributed by atoms with Gasteiger partial charge in [0, 0.05) is 42.9 Å².